The summed E-state index contributed by atoms with van der Waals surface area (Å²) in [6.45, 7) is 10.6. The minimum absolute atomic E-state index is 0.0935. The molecule has 0 bridgehead atoms. The van der Waals surface area contributed by atoms with E-state index in [2.05, 4.69) is 13.2 Å². The Labute approximate surface area is 175 Å². The number of hydrogen-bond acceptors (Lipinski definition) is 5. The Morgan fingerprint density at radius 3 is 2.04 bits per heavy atom. The van der Waals surface area contributed by atoms with Crippen LogP contribution in [0.3, 0.4) is 0 Å². The molecule has 0 amide bonds. The molecule has 0 aliphatic heterocycles. The number of allylic oxidation sites excluding steroid dienone is 4. The van der Waals surface area contributed by atoms with Gasteiger partial charge in [-0.2, -0.15) is 7.11 Å². The van der Waals surface area contributed by atoms with Gasteiger partial charge in [0.15, 0.2) is 0 Å². The number of hydrogen-bond donors (Lipinski definition) is 0. The maximum Gasteiger partial charge on any atom is -0.153 e. The summed E-state index contributed by atoms with van der Waals surface area (Å²) in [6.07, 6.45) is 8.98. The van der Waals surface area contributed by atoms with E-state index in [0.29, 0.717) is 11.1 Å². The van der Waals surface area contributed by atoms with Crippen molar-refractivity contribution in [2.24, 2.45) is 0 Å². The Kier molecular flexibility index (Phi) is 8.47. The molecule has 152 valence electrons. The molecule has 0 radical (unpaired) electrons. The van der Waals surface area contributed by atoms with Crippen LogP contribution in [0.1, 0.15) is 65.2 Å². The molecule has 3 rings (SSSR count). The van der Waals surface area contributed by atoms with Gasteiger partial charge in [0.05, 0.1) is 0 Å². The second-order valence-electron chi connectivity index (χ2n) is 7.57. The summed E-state index contributed by atoms with van der Waals surface area (Å²) in [5, 5.41) is 8.25. The van der Waals surface area contributed by atoms with E-state index in [-0.39, 0.29) is 4.22 Å². The molecule has 3 aliphatic rings. The van der Waals surface area contributed by atoms with Gasteiger partial charge in [-0.25, -0.2) is 0 Å². The van der Waals surface area contributed by atoms with Crippen molar-refractivity contribution < 1.29 is 40.0 Å². The first-order chi connectivity index (χ1) is 13.4. The van der Waals surface area contributed by atoms with E-state index in [1.54, 1.807) is 25.0 Å². The van der Waals surface area contributed by atoms with Gasteiger partial charge in [0.2, 0.25) is 0 Å². The normalized spacial score (nSPS) is 20.4. The van der Waals surface area contributed by atoms with Crippen LogP contribution in [0.25, 0.3) is 0 Å². The van der Waals surface area contributed by atoms with Crippen LogP contribution in [0.15, 0.2) is 46.6 Å². The number of carbonyl (C=O) groups is 2. The zero-order valence-electron chi connectivity index (χ0n) is 17.2. The predicted octanol–water partition coefficient (Wildman–Crippen LogP) is 4.19. The monoisotopic (exact) mass is 422 g/mol. The van der Waals surface area contributed by atoms with Gasteiger partial charge in [0.1, 0.15) is 0 Å². The van der Waals surface area contributed by atoms with E-state index < -0.39 is 30.6 Å². The van der Waals surface area contributed by atoms with Crippen molar-refractivity contribution in [3.05, 3.63) is 46.6 Å². The van der Waals surface area contributed by atoms with Crippen molar-refractivity contribution in [2.75, 3.05) is 7.11 Å². The summed E-state index contributed by atoms with van der Waals surface area (Å²) in [4.78, 5) is 24.3. The molecule has 0 N–H and O–H groups in total. The first-order valence-electron chi connectivity index (χ1n) is 9.84. The Morgan fingerprint density at radius 1 is 0.929 bits per heavy atom. The van der Waals surface area contributed by atoms with Crippen molar-refractivity contribution in [1.82, 2.24) is 0 Å². The van der Waals surface area contributed by atoms with Gasteiger partial charge in [0, 0.05) is 0 Å². The van der Waals surface area contributed by atoms with Crippen LogP contribution < -0.4 is 5.11 Å². The Bertz CT molecular complexity index is 703. The minimum atomic E-state index is -2.91. The van der Waals surface area contributed by atoms with Crippen LogP contribution in [-0.4, -0.2) is 19.0 Å². The van der Waals surface area contributed by atoms with Gasteiger partial charge in [-0.15, -0.1) is 0 Å². The average molecular weight is 422 g/mol. The maximum atomic E-state index is 12.2. The number of fused-ring (bicyclic) bond motifs is 1. The molecule has 28 heavy (non-hydrogen) atoms. The average Bonchev–Trinajstić information content (AvgIpc) is 3.07. The molecule has 0 saturated carbocycles. The van der Waals surface area contributed by atoms with Crippen LogP contribution in [0.5, 0.6) is 0 Å². The van der Waals surface area contributed by atoms with Crippen molar-refractivity contribution in [3.63, 3.8) is 0 Å². The molecule has 0 fully saturated rings. The molecule has 1 atom stereocenters. The molecule has 3 aliphatic carbocycles. The fraction of sp³-hybridized carbons (Fsp3) is 0.545. The summed E-state index contributed by atoms with van der Waals surface area (Å²) < 4.78 is 11.5. The van der Waals surface area contributed by atoms with E-state index in [1.165, 1.54) is 36.8 Å². The smallest absolute Gasteiger partial charge is 0.153 e. The third-order valence-corrected chi connectivity index (χ3v) is 8.54. The van der Waals surface area contributed by atoms with Crippen molar-refractivity contribution in [1.29, 1.82) is 0 Å². The molecule has 0 aromatic heterocycles. The SMILES string of the molecule is C=C(C)C(=O)[O][Ti+]([O]C(=O)C(=C)C)[CH]1CCCC2=C1CC1=C2CCCC1.C[O-]. The van der Waals surface area contributed by atoms with Crippen LogP contribution in [0, 0.1) is 0 Å². The Hall–Kier alpha value is -1.43. The van der Waals surface area contributed by atoms with Gasteiger partial charge in [0.25, 0.3) is 0 Å². The summed E-state index contributed by atoms with van der Waals surface area (Å²) >= 11 is -2.91. The van der Waals surface area contributed by atoms with Crippen LogP contribution in [0.4, 0.5) is 0 Å². The molecule has 0 heterocycles. The van der Waals surface area contributed by atoms with Gasteiger partial charge in [-0.05, 0) is 0 Å². The molecule has 0 aromatic rings. The van der Waals surface area contributed by atoms with Crippen LogP contribution in [-0.2, 0) is 34.9 Å². The van der Waals surface area contributed by atoms with E-state index >= 15 is 0 Å². The fourth-order valence-electron chi connectivity index (χ4n) is 4.14. The van der Waals surface area contributed by atoms with Gasteiger partial charge >= 0.3 is 163 Å². The molecule has 1 unspecified atom stereocenters. The number of rotatable bonds is 5. The molecular formula is C22H30O5Ti. The summed E-state index contributed by atoms with van der Waals surface area (Å²) in [5.74, 6) is -0.893. The van der Waals surface area contributed by atoms with Crippen LogP contribution >= 0.6 is 0 Å². The largest absolute Gasteiger partial charge is 0.857 e. The van der Waals surface area contributed by atoms with Crippen molar-refractivity contribution >= 4 is 11.9 Å². The van der Waals surface area contributed by atoms with Gasteiger partial charge in [-0.1, -0.05) is 0 Å². The second kappa shape index (κ2) is 10.4. The first kappa shape index (κ1) is 22.9. The molecule has 0 spiro atoms. The van der Waals surface area contributed by atoms with E-state index in [1.807, 2.05) is 0 Å². The van der Waals surface area contributed by atoms with Crippen molar-refractivity contribution in [3.8, 4) is 0 Å². The second-order valence-corrected chi connectivity index (χ2v) is 10.3. The van der Waals surface area contributed by atoms with Crippen molar-refractivity contribution in [2.45, 2.75) is 69.4 Å². The molecule has 5 nitrogen and oxygen atoms in total. The van der Waals surface area contributed by atoms with E-state index in [4.69, 9.17) is 11.7 Å². The summed E-state index contributed by atoms with van der Waals surface area (Å²) in [6, 6.07) is 0. The van der Waals surface area contributed by atoms with E-state index in [9.17, 15) is 9.59 Å². The molecule has 6 heteroatoms. The Morgan fingerprint density at radius 2 is 1.46 bits per heavy atom. The third kappa shape index (κ3) is 5.13. The van der Waals surface area contributed by atoms with Crippen LogP contribution in [0.2, 0.25) is 4.22 Å². The zero-order valence-corrected chi connectivity index (χ0v) is 18.8. The topological polar surface area (TPSA) is 75.7 Å². The van der Waals surface area contributed by atoms with E-state index in [0.717, 1.165) is 32.8 Å². The predicted molar refractivity (Wildman–Crippen MR) is 102 cm³/mol. The van der Waals surface area contributed by atoms with Gasteiger partial charge in [-0.3, -0.25) is 0 Å². The minimum Gasteiger partial charge on any atom is -0.857 e. The standard InChI is InChI=1S/C13H17.2C4H6O2.CH3O.Ti/c1-3-7-12-10(5-1)9-11-6-2-4-8-13(11)12;2*1-3(2)4(5)6;1-2;/h5H,1-4,6-9H2;2*1H2,2H3,(H,5,6);1H3;/q;;;-1;+3/p-2. The Balaban J connectivity index is 0.00000136. The summed E-state index contributed by atoms with van der Waals surface area (Å²) in [5.41, 5.74) is 6.69. The quantitative estimate of drug-likeness (QED) is 0.491. The number of carbonyl (C=O) groups excluding carboxylic acids is 2. The summed E-state index contributed by atoms with van der Waals surface area (Å²) in [7, 11) is 0.750. The third-order valence-electron chi connectivity index (χ3n) is 5.45. The maximum absolute atomic E-state index is 12.2. The molecule has 0 saturated heterocycles. The molecular weight excluding hydrogens is 392 g/mol. The molecule has 0 aromatic carbocycles. The van der Waals surface area contributed by atoms with Gasteiger partial charge < -0.3 is 5.11 Å². The zero-order chi connectivity index (χ0) is 20.8. The fourth-order valence-corrected chi connectivity index (χ4v) is 7.33. The first-order valence-corrected chi connectivity index (χ1v) is 12.0.